The molecule has 0 radical (unpaired) electrons. The number of nitrogens with zero attached hydrogens (tertiary/aromatic N) is 2. The molecule has 1 aromatic carbocycles. The molecule has 0 saturated heterocycles. The van der Waals surface area contributed by atoms with Crippen molar-refractivity contribution in [2.45, 2.75) is 32.1 Å². The normalized spacial score (nSPS) is 15.4. The predicted octanol–water partition coefficient (Wildman–Crippen LogP) is 2.27. The number of aliphatic imine (C=N–C) groups is 1. The molecule has 0 aromatic heterocycles. The van der Waals surface area contributed by atoms with Crippen molar-refractivity contribution in [3.63, 3.8) is 0 Å². The summed E-state index contributed by atoms with van der Waals surface area (Å²) in [6.07, 6.45) is 6.53. The second-order valence-electron chi connectivity index (χ2n) is 6.93. The SMILES string of the molecule is CN(C)C(=O)CN=C(NCCOc1ccccc1)NCC1CCCCC1. The third-order valence-electron chi connectivity index (χ3n) is 4.56. The molecule has 26 heavy (non-hydrogen) atoms. The topological polar surface area (TPSA) is 66.0 Å². The molecule has 1 aromatic rings. The Kier molecular flexibility index (Phi) is 8.79. The van der Waals surface area contributed by atoms with Gasteiger partial charge in [0, 0.05) is 20.6 Å². The molecule has 1 saturated carbocycles. The van der Waals surface area contributed by atoms with Crippen molar-refractivity contribution in [3.8, 4) is 5.75 Å². The minimum Gasteiger partial charge on any atom is -0.492 e. The van der Waals surface area contributed by atoms with Gasteiger partial charge in [0.1, 0.15) is 18.9 Å². The van der Waals surface area contributed by atoms with Gasteiger partial charge in [0.25, 0.3) is 0 Å². The lowest BCUT2D eigenvalue weighted by Gasteiger charge is -2.23. The largest absolute Gasteiger partial charge is 0.492 e. The first-order valence-electron chi connectivity index (χ1n) is 9.55. The minimum atomic E-state index is -0.00991. The van der Waals surface area contributed by atoms with Crippen LogP contribution in [0, 0.1) is 5.92 Å². The summed E-state index contributed by atoms with van der Waals surface area (Å²) >= 11 is 0. The minimum absolute atomic E-state index is 0.00991. The summed E-state index contributed by atoms with van der Waals surface area (Å²) in [4.78, 5) is 17.8. The Morgan fingerprint density at radius 1 is 1.15 bits per heavy atom. The number of ether oxygens (including phenoxy) is 1. The van der Waals surface area contributed by atoms with E-state index in [1.807, 2.05) is 30.3 Å². The molecular weight excluding hydrogens is 328 g/mol. The van der Waals surface area contributed by atoms with Gasteiger partial charge in [-0.3, -0.25) is 4.79 Å². The van der Waals surface area contributed by atoms with Crippen LogP contribution in [-0.2, 0) is 4.79 Å². The van der Waals surface area contributed by atoms with Crippen LogP contribution in [0.25, 0.3) is 0 Å². The highest BCUT2D eigenvalue weighted by Crippen LogP contribution is 2.22. The van der Waals surface area contributed by atoms with Crippen molar-refractivity contribution in [2.75, 3.05) is 40.3 Å². The lowest BCUT2D eigenvalue weighted by Crippen LogP contribution is -2.42. The van der Waals surface area contributed by atoms with Crippen LogP contribution in [0.3, 0.4) is 0 Å². The Morgan fingerprint density at radius 3 is 2.58 bits per heavy atom. The van der Waals surface area contributed by atoms with E-state index < -0.39 is 0 Å². The Balaban J connectivity index is 1.78. The quantitative estimate of drug-likeness (QED) is 0.424. The number of amides is 1. The molecular formula is C20H32N4O2. The van der Waals surface area contributed by atoms with Crippen LogP contribution in [0.4, 0.5) is 0 Å². The number of benzene rings is 1. The summed E-state index contributed by atoms with van der Waals surface area (Å²) in [6.45, 7) is 2.21. The lowest BCUT2D eigenvalue weighted by atomic mass is 9.89. The molecule has 6 heteroatoms. The van der Waals surface area contributed by atoms with Crippen LogP contribution in [-0.4, -0.2) is 57.1 Å². The first-order valence-corrected chi connectivity index (χ1v) is 9.55. The summed E-state index contributed by atoms with van der Waals surface area (Å²) < 4.78 is 5.69. The van der Waals surface area contributed by atoms with Crippen LogP contribution < -0.4 is 15.4 Å². The van der Waals surface area contributed by atoms with Gasteiger partial charge in [-0.25, -0.2) is 4.99 Å². The van der Waals surface area contributed by atoms with Gasteiger partial charge in [0.05, 0.1) is 6.54 Å². The third kappa shape index (κ3) is 7.76. The second-order valence-corrected chi connectivity index (χ2v) is 6.93. The zero-order valence-electron chi connectivity index (χ0n) is 16.0. The average molecular weight is 361 g/mol. The molecule has 0 unspecified atom stereocenters. The number of para-hydroxylation sites is 1. The van der Waals surface area contributed by atoms with E-state index in [9.17, 15) is 4.79 Å². The van der Waals surface area contributed by atoms with Crippen molar-refractivity contribution in [3.05, 3.63) is 30.3 Å². The highest BCUT2D eigenvalue weighted by Gasteiger charge is 2.14. The molecule has 0 heterocycles. The molecule has 2 N–H and O–H groups in total. The number of likely N-dealkylation sites (N-methyl/N-ethyl adjacent to an activating group) is 1. The van der Waals surface area contributed by atoms with E-state index in [4.69, 9.17) is 4.74 Å². The standard InChI is InChI=1S/C20H32N4O2/c1-24(2)19(25)16-23-20(22-15-17-9-5-3-6-10-17)21-13-14-26-18-11-7-4-8-12-18/h4,7-8,11-12,17H,3,5-6,9-10,13-16H2,1-2H3,(H2,21,22,23). The van der Waals surface area contributed by atoms with Crippen LogP contribution in [0.5, 0.6) is 5.75 Å². The Morgan fingerprint density at radius 2 is 1.88 bits per heavy atom. The lowest BCUT2D eigenvalue weighted by molar-refractivity contribution is -0.127. The molecule has 1 amide bonds. The van der Waals surface area contributed by atoms with E-state index in [2.05, 4.69) is 15.6 Å². The monoisotopic (exact) mass is 360 g/mol. The zero-order valence-corrected chi connectivity index (χ0v) is 16.0. The molecule has 0 spiro atoms. The fourth-order valence-corrected chi connectivity index (χ4v) is 2.95. The van der Waals surface area contributed by atoms with Crippen molar-refractivity contribution in [1.82, 2.24) is 15.5 Å². The summed E-state index contributed by atoms with van der Waals surface area (Å²) in [5.41, 5.74) is 0. The fourth-order valence-electron chi connectivity index (χ4n) is 2.95. The van der Waals surface area contributed by atoms with Gasteiger partial charge in [-0.2, -0.15) is 0 Å². The number of guanidine groups is 1. The van der Waals surface area contributed by atoms with Gasteiger partial charge in [0.15, 0.2) is 5.96 Å². The number of hydrogen-bond acceptors (Lipinski definition) is 3. The maximum atomic E-state index is 11.8. The van der Waals surface area contributed by atoms with Crippen molar-refractivity contribution in [1.29, 1.82) is 0 Å². The fraction of sp³-hybridized carbons (Fsp3) is 0.600. The second kappa shape index (κ2) is 11.4. The third-order valence-corrected chi connectivity index (χ3v) is 4.56. The highest BCUT2D eigenvalue weighted by atomic mass is 16.5. The van der Waals surface area contributed by atoms with Gasteiger partial charge in [0.2, 0.25) is 5.91 Å². The van der Waals surface area contributed by atoms with E-state index >= 15 is 0 Å². The van der Waals surface area contributed by atoms with E-state index in [-0.39, 0.29) is 12.5 Å². The first kappa shape index (κ1) is 20.1. The van der Waals surface area contributed by atoms with Crippen molar-refractivity contribution < 1.29 is 9.53 Å². The van der Waals surface area contributed by atoms with Crippen LogP contribution >= 0.6 is 0 Å². The van der Waals surface area contributed by atoms with E-state index in [0.29, 0.717) is 25.0 Å². The molecule has 1 fully saturated rings. The van der Waals surface area contributed by atoms with Crippen LogP contribution in [0.15, 0.2) is 35.3 Å². The van der Waals surface area contributed by atoms with Crippen molar-refractivity contribution >= 4 is 11.9 Å². The molecule has 0 atom stereocenters. The maximum Gasteiger partial charge on any atom is 0.243 e. The Labute approximate surface area is 157 Å². The summed E-state index contributed by atoms with van der Waals surface area (Å²) in [5.74, 6) is 2.22. The van der Waals surface area contributed by atoms with E-state index in [1.165, 1.54) is 32.1 Å². The summed E-state index contributed by atoms with van der Waals surface area (Å²) in [6, 6.07) is 9.74. The number of nitrogens with one attached hydrogen (secondary N) is 2. The highest BCUT2D eigenvalue weighted by molar-refractivity contribution is 5.84. The number of carbonyl (C=O) groups is 1. The van der Waals surface area contributed by atoms with E-state index in [0.717, 1.165) is 12.3 Å². The number of carbonyl (C=O) groups excluding carboxylic acids is 1. The Bertz CT molecular complexity index is 554. The molecule has 1 aliphatic rings. The zero-order chi connectivity index (χ0) is 18.6. The molecule has 2 rings (SSSR count). The van der Waals surface area contributed by atoms with E-state index in [1.54, 1.807) is 19.0 Å². The molecule has 1 aliphatic carbocycles. The molecule has 0 aliphatic heterocycles. The van der Waals surface area contributed by atoms with Crippen LogP contribution in [0.2, 0.25) is 0 Å². The number of rotatable bonds is 8. The van der Waals surface area contributed by atoms with Gasteiger partial charge in [-0.1, -0.05) is 37.5 Å². The first-order chi connectivity index (χ1) is 12.6. The molecule has 6 nitrogen and oxygen atoms in total. The number of hydrogen-bond donors (Lipinski definition) is 2. The molecule has 144 valence electrons. The Hall–Kier alpha value is -2.24. The van der Waals surface area contributed by atoms with Gasteiger partial charge in [-0.15, -0.1) is 0 Å². The predicted molar refractivity (Wildman–Crippen MR) is 106 cm³/mol. The maximum absolute atomic E-state index is 11.8. The van der Waals surface area contributed by atoms with Gasteiger partial charge < -0.3 is 20.3 Å². The van der Waals surface area contributed by atoms with Crippen molar-refractivity contribution in [2.24, 2.45) is 10.9 Å². The smallest absolute Gasteiger partial charge is 0.243 e. The van der Waals surface area contributed by atoms with Gasteiger partial charge >= 0.3 is 0 Å². The molecule has 0 bridgehead atoms. The summed E-state index contributed by atoms with van der Waals surface area (Å²) in [7, 11) is 3.49. The van der Waals surface area contributed by atoms with Crippen LogP contribution in [0.1, 0.15) is 32.1 Å². The van der Waals surface area contributed by atoms with Gasteiger partial charge in [-0.05, 0) is 30.9 Å². The average Bonchev–Trinajstić information content (AvgIpc) is 2.67. The summed E-state index contributed by atoms with van der Waals surface area (Å²) in [5, 5.41) is 6.66.